The first kappa shape index (κ1) is 9.30. The Morgan fingerprint density at radius 2 is 2.20 bits per heavy atom. The predicted molar refractivity (Wildman–Crippen MR) is 55.3 cm³/mol. The van der Waals surface area contributed by atoms with Crippen molar-refractivity contribution in [2.24, 2.45) is 0 Å². The van der Waals surface area contributed by atoms with E-state index in [9.17, 15) is 10.3 Å². The number of hydroxylamine groups is 1. The maximum atomic E-state index is 12.1. The molecule has 1 saturated heterocycles. The van der Waals surface area contributed by atoms with Gasteiger partial charge >= 0.3 is 0 Å². The van der Waals surface area contributed by atoms with Crippen molar-refractivity contribution in [3.8, 4) is 0 Å². The van der Waals surface area contributed by atoms with Gasteiger partial charge in [-0.3, -0.25) is 0 Å². The lowest BCUT2D eigenvalue weighted by atomic mass is 10.1. The molecule has 1 fully saturated rings. The molecule has 2 aliphatic rings. The molecular weight excluding hydrogens is 192 g/mol. The fourth-order valence-electron chi connectivity index (χ4n) is 2.63. The van der Waals surface area contributed by atoms with Crippen molar-refractivity contribution in [2.75, 3.05) is 6.54 Å². The van der Waals surface area contributed by atoms with Gasteiger partial charge in [0.2, 0.25) is 0 Å². The summed E-state index contributed by atoms with van der Waals surface area (Å²) in [7, 11) is 0. The average Bonchev–Trinajstić information content (AvgIpc) is 2.61. The van der Waals surface area contributed by atoms with E-state index in [-0.39, 0.29) is 11.2 Å². The Kier molecular flexibility index (Phi) is 2.03. The lowest BCUT2D eigenvalue weighted by Crippen LogP contribution is -3.10. The van der Waals surface area contributed by atoms with Crippen LogP contribution < -0.4 is 5.06 Å². The van der Waals surface area contributed by atoms with Crippen molar-refractivity contribution in [2.45, 2.75) is 25.2 Å². The van der Waals surface area contributed by atoms with Gasteiger partial charge in [-0.15, -0.1) is 0 Å². The molecule has 0 aliphatic carbocycles. The van der Waals surface area contributed by atoms with Crippen LogP contribution in [-0.4, -0.2) is 28.8 Å². The molecular formula is C11H14N2O2. The summed E-state index contributed by atoms with van der Waals surface area (Å²) in [5, 5.41) is 21.9. The molecule has 4 nitrogen and oxygen atoms in total. The van der Waals surface area contributed by atoms with Crippen molar-refractivity contribution >= 4 is 5.69 Å². The Hall–Kier alpha value is -0.940. The van der Waals surface area contributed by atoms with Gasteiger partial charge in [-0.25, -0.2) is 4.90 Å². The van der Waals surface area contributed by atoms with Gasteiger partial charge in [0.25, 0.3) is 0 Å². The Labute approximate surface area is 88.3 Å². The third-order valence-corrected chi connectivity index (χ3v) is 3.39. The fourth-order valence-corrected chi connectivity index (χ4v) is 2.63. The molecule has 3 rings (SSSR count). The summed E-state index contributed by atoms with van der Waals surface area (Å²) in [4.78, 5) is 2.08. The second-order valence-electron chi connectivity index (χ2n) is 4.29. The molecule has 0 aromatic heterocycles. The summed E-state index contributed by atoms with van der Waals surface area (Å²) < 4.78 is 0. The smallest absolute Gasteiger partial charge is 0.175 e. The highest BCUT2D eigenvalue weighted by molar-refractivity contribution is 5.40. The summed E-state index contributed by atoms with van der Waals surface area (Å²) in [6.07, 6.45) is -0.0598. The largest absolute Gasteiger partial charge is 0.628 e. The molecule has 2 heterocycles. The van der Waals surface area contributed by atoms with E-state index in [4.69, 9.17) is 0 Å². The summed E-state index contributed by atoms with van der Waals surface area (Å²) in [6, 6.07) is 7.70. The van der Waals surface area contributed by atoms with Crippen LogP contribution in [0.5, 0.6) is 0 Å². The Balaban J connectivity index is 2.03. The third-order valence-electron chi connectivity index (χ3n) is 3.39. The minimum Gasteiger partial charge on any atom is -0.628 e. The van der Waals surface area contributed by atoms with Crippen LogP contribution in [-0.2, 0) is 6.54 Å². The van der Waals surface area contributed by atoms with Crippen LogP contribution in [0.15, 0.2) is 24.3 Å². The van der Waals surface area contributed by atoms with Gasteiger partial charge < -0.3 is 15.4 Å². The van der Waals surface area contributed by atoms with E-state index in [1.807, 2.05) is 24.3 Å². The van der Waals surface area contributed by atoms with E-state index < -0.39 is 6.10 Å². The molecule has 0 radical (unpaired) electrons. The molecule has 0 spiro atoms. The number of nitrogens with one attached hydrogen (secondary N) is 1. The summed E-state index contributed by atoms with van der Waals surface area (Å²) in [6.45, 7) is 1.62. The fraction of sp³-hybridized carbons (Fsp3) is 0.455. The van der Waals surface area contributed by atoms with E-state index in [0.29, 0.717) is 6.42 Å². The number of hydrogen-bond donors (Lipinski definition) is 2. The minimum atomic E-state index is -0.481. The molecule has 2 aliphatic heterocycles. The SMILES string of the molecule is [O-][NH+]1c2ccccc2CN2CC[C@@H](O)C21. The van der Waals surface area contributed by atoms with Crippen LogP contribution in [0.3, 0.4) is 0 Å². The van der Waals surface area contributed by atoms with Crippen molar-refractivity contribution in [1.82, 2.24) is 4.90 Å². The zero-order valence-corrected chi connectivity index (χ0v) is 8.39. The lowest BCUT2D eigenvalue weighted by Gasteiger charge is -2.40. The minimum absolute atomic E-state index is 0.0850. The standard InChI is InChI=1S/C11H14N2O2/c14-10-5-6-12-7-8-3-1-2-4-9(8)13(15)11(10)12/h1-4,10-11,13-14H,5-7H2/t10-,11?/m1/s1. The number of fused-ring (bicyclic) bond motifs is 2. The van der Waals surface area contributed by atoms with Crippen LogP contribution in [0.1, 0.15) is 12.0 Å². The van der Waals surface area contributed by atoms with Crippen LogP contribution in [0.25, 0.3) is 0 Å². The second kappa shape index (κ2) is 3.28. The molecule has 2 unspecified atom stereocenters. The van der Waals surface area contributed by atoms with Crippen LogP contribution in [0.4, 0.5) is 5.69 Å². The molecule has 0 saturated carbocycles. The zero-order chi connectivity index (χ0) is 10.4. The number of quaternary nitrogens is 1. The highest BCUT2D eigenvalue weighted by Crippen LogP contribution is 2.25. The van der Waals surface area contributed by atoms with E-state index >= 15 is 0 Å². The van der Waals surface area contributed by atoms with E-state index in [1.165, 1.54) is 0 Å². The van der Waals surface area contributed by atoms with Crippen molar-refractivity contribution < 1.29 is 10.2 Å². The van der Waals surface area contributed by atoms with Crippen molar-refractivity contribution in [3.05, 3.63) is 35.0 Å². The summed E-state index contributed by atoms with van der Waals surface area (Å²) in [5.74, 6) is 0. The van der Waals surface area contributed by atoms with E-state index in [0.717, 1.165) is 24.3 Å². The van der Waals surface area contributed by atoms with Gasteiger partial charge in [0.05, 0.1) is 0 Å². The Bertz CT molecular complexity index is 383. The zero-order valence-electron chi connectivity index (χ0n) is 8.39. The molecule has 15 heavy (non-hydrogen) atoms. The van der Waals surface area contributed by atoms with Crippen LogP contribution in [0, 0.1) is 5.21 Å². The molecule has 80 valence electrons. The molecule has 1 aromatic carbocycles. The molecule has 1 aromatic rings. The van der Waals surface area contributed by atoms with Gasteiger partial charge in [0.1, 0.15) is 11.8 Å². The number of rotatable bonds is 0. The number of aliphatic hydroxyl groups excluding tert-OH is 1. The quantitative estimate of drug-likeness (QED) is 0.568. The highest BCUT2D eigenvalue weighted by atomic mass is 16.5. The maximum absolute atomic E-state index is 12.1. The number of nitrogens with zero attached hydrogens (tertiary/aromatic N) is 1. The average molecular weight is 206 g/mol. The van der Waals surface area contributed by atoms with Crippen LogP contribution in [0.2, 0.25) is 0 Å². The van der Waals surface area contributed by atoms with Gasteiger partial charge in [-0.05, 0) is 12.5 Å². The van der Waals surface area contributed by atoms with Gasteiger partial charge in [-0.1, -0.05) is 18.2 Å². The normalized spacial score (nSPS) is 34.9. The first-order chi connectivity index (χ1) is 7.27. The third kappa shape index (κ3) is 1.30. The number of hydrogen-bond acceptors (Lipinski definition) is 3. The first-order valence-electron chi connectivity index (χ1n) is 5.31. The molecule has 0 amide bonds. The van der Waals surface area contributed by atoms with Gasteiger partial charge in [0.15, 0.2) is 6.17 Å². The number of benzene rings is 1. The predicted octanol–water partition coefficient (Wildman–Crippen LogP) is -0.393. The monoisotopic (exact) mass is 206 g/mol. The molecule has 0 bridgehead atoms. The number of para-hydroxylation sites is 1. The lowest BCUT2D eigenvalue weighted by molar-refractivity contribution is -0.829. The summed E-state index contributed by atoms with van der Waals surface area (Å²) in [5.41, 5.74) is 1.88. The second-order valence-corrected chi connectivity index (χ2v) is 4.29. The molecule has 3 atom stereocenters. The van der Waals surface area contributed by atoms with E-state index in [2.05, 4.69) is 4.90 Å². The Morgan fingerprint density at radius 1 is 1.40 bits per heavy atom. The van der Waals surface area contributed by atoms with Gasteiger partial charge in [0, 0.05) is 18.7 Å². The topological polar surface area (TPSA) is 51.0 Å². The summed E-state index contributed by atoms with van der Waals surface area (Å²) >= 11 is 0. The van der Waals surface area contributed by atoms with E-state index in [1.54, 1.807) is 0 Å². The number of aliphatic hydroxyl groups is 1. The Morgan fingerprint density at radius 3 is 3.07 bits per heavy atom. The van der Waals surface area contributed by atoms with Crippen molar-refractivity contribution in [3.63, 3.8) is 0 Å². The molecule has 2 N–H and O–H groups in total. The molecule has 4 heteroatoms. The van der Waals surface area contributed by atoms with Gasteiger partial charge in [-0.2, -0.15) is 0 Å². The van der Waals surface area contributed by atoms with Crippen molar-refractivity contribution in [1.29, 1.82) is 0 Å². The highest BCUT2D eigenvalue weighted by Gasteiger charge is 2.42. The maximum Gasteiger partial charge on any atom is 0.175 e. The van der Waals surface area contributed by atoms with Crippen LogP contribution >= 0.6 is 0 Å². The first-order valence-corrected chi connectivity index (χ1v) is 5.31.